The molecule has 0 aromatic carbocycles. The highest BCUT2D eigenvalue weighted by atomic mass is 15.1. The smallest absolute Gasteiger partial charge is 0.0642 e. The quantitative estimate of drug-likeness (QED) is 0.843. The van der Waals surface area contributed by atoms with E-state index in [1.165, 1.54) is 5.56 Å². The van der Waals surface area contributed by atoms with Gasteiger partial charge in [0.05, 0.1) is 11.9 Å². The first-order chi connectivity index (χ1) is 10.3. The summed E-state index contributed by atoms with van der Waals surface area (Å²) in [5.41, 5.74) is 2.72. The van der Waals surface area contributed by atoms with Crippen molar-refractivity contribution in [1.82, 2.24) is 20.2 Å². The van der Waals surface area contributed by atoms with Crippen molar-refractivity contribution in [3.8, 4) is 0 Å². The van der Waals surface area contributed by atoms with E-state index in [1.807, 2.05) is 18.5 Å². The lowest BCUT2D eigenvalue weighted by molar-refractivity contribution is 0.488. The second-order valence-corrected chi connectivity index (χ2v) is 6.70. The molecule has 2 aromatic rings. The Morgan fingerprint density at radius 1 is 0.818 bits per heavy atom. The van der Waals surface area contributed by atoms with Crippen molar-refractivity contribution in [3.05, 3.63) is 48.3 Å². The molecule has 4 nitrogen and oxygen atoms in total. The van der Waals surface area contributed by atoms with Crippen LogP contribution in [-0.2, 0) is 10.8 Å². The van der Waals surface area contributed by atoms with Crippen molar-refractivity contribution in [2.45, 2.75) is 65.2 Å². The van der Waals surface area contributed by atoms with Gasteiger partial charge in [0, 0.05) is 30.2 Å². The topological polar surface area (TPSA) is 51.6 Å². The van der Waals surface area contributed by atoms with Crippen LogP contribution in [0.1, 0.15) is 65.6 Å². The molecule has 0 unspecified atom stereocenters. The highest BCUT2D eigenvalue weighted by molar-refractivity contribution is 5.16. The molecular formula is C18H28N4. The van der Waals surface area contributed by atoms with Crippen LogP contribution in [-0.4, -0.2) is 20.2 Å². The standard InChI is InChI=1S/2C9H14N2/c1-4-9(2,3)8-7-10-5-6-11-8;1-4-9(2,3)8-5-6-10-11-7-8/h2*5-7H,4H2,1-3H3. The summed E-state index contributed by atoms with van der Waals surface area (Å²) in [6.07, 6.45) is 11.1. The van der Waals surface area contributed by atoms with Gasteiger partial charge in [0.1, 0.15) is 0 Å². The Labute approximate surface area is 134 Å². The van der Waals surface area contributed by atoms with Crippen LogP contribution in [0.3, 0.4) is 0 Å². The van der Waals surface area contributed by atoms with E-state index in [1.54, 1.807) is 18.6 Å². The summed E-state index contributed by atoms with van der Waals surface area (Å²) in [4.78, 5) is 8.30. The molecule has 0 aliphatic rings. The minimum absolute atomic E-state index is 0.161. The molecule has 4 heteroatoms. The van der Waals surface area contributed by atoms with Gasteiger partial charge in [-0.1, -0.05) is 41.5 Å². The molecule has 0 N–H and O–H groups in total. The molecule has 120 valence electrons. The third-order valence-electron chi connectivity index (χ3n) is 4.39. The molecule has 2 rings (SSSR count). The summed E-state index contributed by atoms with van der Waals surface area (Å²) in [5, 5.41) is 7.59. The normalized spacial score (nSPS) is 11.5. The van der Waals surface area contributed by atoms with Crippen molar-refractivity contribution < 1.29 is 0 Å². The molecule has 2 heterocycles. The van der Waals surface area contributed by atoms with Crippen LogP contribution < -0.4 is 0 Å². The first kappa shape index (κ1) is 18.2. The molecule has 0 aliphatic carbocycles. The Morgan fingerprint density at radius 2 is 1.50 bits per heavy atom. The van der Waals surface area contributed by atoms with Gasteiger partial charge in [-0.25, -0.2) is 0 Å². The van der Waals surface area contributed by atoms with E-state index in [0.29, 0.717) is 0 Å². The van der Waals surface area contributed by atoms with Gasteiger partial charge in [-0.05, 0) is 29.9 Å². The molecule has 0 bridgehead atoms. The van der Waals surface area contributed by atoms with Gasteiger partial charge in [-0.2, -0.15) is 10.2 Å². The fourth-order valence-corrected chi connectivity index (χ4v) is 1.72. The predicted octanol–water partition coefficient (Wildman–Crippen LogP) is 4.33. The average Bonchev–Trinajstić information content (AvgIpc) is 2.57. The van der Waals surface area contributed by atoms with Gasteiger partial charge >= 0.3 is 0 Å². The number of hydrogen-bond acceptors (Lipinski definition) is 4. The third-order valence-corrected chi connectivity index (χ3v) is 4.39. The largest absolute Gasteiger partial charge is 0.261 e. The Balaban J connectivity index is 0.000000220. The van der Waals surface area contributed by atoms with E-state index in [9.17, 15) is 0 Å². The van der Waals surface area contributed by atoms with Crippen LogP contribution in [0.25, 0.3) is 0 Å². The summed E-state index contributed by atoms with van der Waals surface area (Å²) in [6.45, 7) is 13.1. The Hall–Kier alpha value is -1.84. The van der Waals surface area contributed by atoms with Gasteiger partial charge in [0.25, 0.3) is 0 Å². The first-order valence-electron chi connectivity index (χ1n) is 7.87. The fourth-order valence-electron chi connectivity index (χ4n) is 1.72. The molecule has 0 saturated carbocycles. The van der Waals surface area contributed by atoms with E-state index in [0.717, 1.165) is 18.5 Å². The summed E-state index contributed by atoms with van der Waals surface area (Å²) < 4.78 is 0. The second-order valence-electron chi connectivity index (χ2n) is 6.70. The van der Waals surface area contributed by atoms with Crippen molar-refractivity contribution in [2.24, 2.45) is 0 Å². The zero-order valence-corrected chi connectivity index (χ0v) is 14.7. The predicted molar refractivity (Wildman–Crippen MR) is 90.7 cm³/mol. The van der Waals surface area contributed by atoms with Gasteiger partial charge in [0.2, 0.25) is 0 Å². The monoisotopic (exact) mass is 300 g/mol. The van der Waals surface area contributed by atoms with Gasteiger partial charge in [-0.3, -0.25) is 9.97 Å². The van der Waals surface area contributed by atoms with Gasteiger partial charge < -0.3 is 0 Å². The number of rotatable bonds is 4. The zero-order chi connectivity index (χ0) is 16.6. The van der Waals surface area contributed by atoms with Crippen LogP contribution in [0, 0.1) is 0 Å². The summed E-state index contributed by atoms with van der Waals surface area (Å²) in [7, 11) is 0. The summed E-state index contributed by atoms with van der Waals surface area (Å²) >= 11 is 0. The highest BCUT2D eigenvalue weighted by Crippen LogP contribution is 2.25. The van der Waals surface area contributed by atoms with Gasteiger partial charge in [-0.15, -0.1) is 0 Å². The first-order valence-corrected chi connectivity index (χ1v) is 7.87. The molecule has 0 amide bonds. The molecule has 0 radical (unpaired) electrons. The van der Waals surface area contributed by atoms with E-state index in [2.05, 4.69) is 61.7 Å². The molecule has 0 spiro atoms. The Bertz CT molecular complexity index is 484. The lowest BCUT2D eigenvalue weighted by Gasteiger charge is -2.21. The van der Waals surface area contributed by atoms with Crippen LogP contribution in [0.15, 0.2) is 37.1 Å². The minimum Gasteiger partial charge on any atom is -0.261 e. The fraction of sp³-hybridized carbons (Fsp3) is 0.556. The maximum absolute atomic E-state index is 4.26. The van der Waals surface area contributed by atoms with Crippen molar-refractivity contribution in [1.29, 1.82) is 0 Å². The molecule has 2 aromatic heterocycles. The van der Waals surface area contributed by atoms with E-state index < -0.39 is 0 Å². The lowest BCUT2D eigenvalue weighted by Crippen LogP contribution is -2.17. The van der Waals surface area contributed by atoms with Crippen LogP contribution in [0.2, 0.25) is 0 Å². The molecular weight excluding hydrogens is 272 g/mol. The number of nitrogens with zero attached hydrogens (tertiary/aromatic N) is 4. The number of hydrogen-bond donors (Lipinski definition) is 0. The molecule has 0 fully saturated rings. The maximum atomic E-state index is 4.26. The third kappa shape index (κ3) is 5.17. The molecule has 22 heavy (non-hydrogen) atoms. The lowest BCUT2D eigenvalue weighted by atomic mass is 9.84. The van der Waals surface area contributed by atoms with Crippen molar-refractivity contribution in [3.63, 3.8) is 0 Å². The molecule has 0 atom stereocenters. The zero-order valence-electron chi connectivity index (χ0n) is 14.7. The number of aromatic nitrogens is 4. The van der Waals surface area contributed by atoms with Crippen LogP contribution >= 0.6 is 0 Å². The molecule has 0 aliphatic heterocycles. The maximum Gasteiger partial charge on any atom is 0.0642 e. The second kappa shape index (κ2) is 7.97. The summed E-state index contributed by atoms with van der Waals surface area (Å²) in [5.74, 6) is 0. The van der Waals surface area contributed by atoms with E-state index >= 15 is 0 Å². The highest BCUT2D eigenvalue weighted by Gasteiger charge is 2.19. The van der Waals surface area contributed by atoms with Gasteiger partial charge in [0.15, 0.2) is 0 Å². The molecule has 0 saturated heterocycles. The van der Waals surface area contributed by atoms with Crippen molar-refractivity contribution >= 4 is 0 Å². The summed E-state index contributed by atoms with van der Waals surface area (Å²) in [6, 6.07) is 2.02. The van der Waals surface area contributed by atoms with Crippen LogP contribution in [0.4, 0.5) is 0 Å². The van der Waals surface area contributed by atoms with E-state index in [-0.39, 0.29) is 10.8 Å². The average molecular weight is 300 g/mol. The Morgan fingerprint density at radius 3 is 1.95 bits per heavy atom. The minimum atomic E-state index is 0.161. The SMILES string of the molecule is CCC(C)(C)c1ccnnc1.CCC(C)(C)c1cnccn1. The Kier molecular flexibility index (Phi) is 6.60. The van der Waals surface area contributed by atoms with Crippen LogP contribution in [0.5, 0.6) is 0 Å². The van der Waals surface area contributed by atoms with E-state index in [4.69, 9.17) is 0 Å². The van der Waals surface area contributed by atoms with Crippen molar-refractivity contribution in [2.75, 3.05) is 0 Å².